The van der Waals surface area contributed by atoms with Crippen molar-refractivity contribution in [3.63, 3.8) is 0 Å². The maximum Gasteiger partial charge on any atom is 0.408 e. The molecular formula is C12H21N3O5. The Kier molecular flexibility index (Phi) is 5.18. The van der Waals surface area contributed by atoms with Gasteiger partial charge in [-0.15, -0.1) is 0 Å². The Bertz CT molecular complexity index is 383. The number of nitrogens with zero attached hydrogens (tertiary/aromatic N) is 2. The van der Waals surface area contributed by atoms with E-state index in [1.165, 1.54) is 9.80 Å². The van der Waals surface area contributed by atoms with Gasteiger partial charge in [0.2, 0.25) is 5.91 Å². The summed E-state index contributed by atoms with van der Waals surface area (Å²) in [7, 11) is 0. The molecule has 3 amide bonds. The highest BCUT2D eigenvalue weighted by atomic mass is 16.6. The molecule has 0 radical (unpaired) electrons. The number of hydrogen-bond acceptors (Lipinski definition) is 4. The second-order valence-electron chi connectivity index (χ2n) is 5.51. The number of piperazine rings is 1. The van der Waals surface area contributed by atoms with E-state index < -0.39 is 17.8 Å². The topological polar surface area (TPSA) is 99.2 Å². The van der Waals surface area contributed by atoms with Crippen molar-refractivity contribution in [2.24, 2.45) is 0 Å². The van der Waals surface area contributed by atoms with Crippen molar-refractivity contribution < 1.29 is 24.2 Å². The second-order valence-corrected chi connectivity index (χ2v) is 5.51. The predicted molar refractivity (Wildman–Crippen MR) is 70.4 cm³/mol. The lowest BCUT2D eigenvalue weighted by molar-refractivity contribution is -0.131. The van der Waals surface area contributed by atoms with Crippen molar-refractivity contribution in [1.29, 1.82) is 0 Å². The van der Waals surface area contributed by atoms with Gasteiger partial charge in [-0.25, -0.2) is 9.59 Å². The van der Waals surface area contributed by atoms with Gasteiger partial charge in [0.05, 0.1) is 0 Å². The first-order valence-corrected chi connectivity index (χ1v) is 6.41. The number of hydrogen-bond donors (Lipinski definition) is 2. The van der Waals surface area contributed by atoms with E-state index in [0.29, 0.717) is 13.1 Å². The molecule has 0 bridgehead atoms. The van der Waals surface area contributed by atoms with E-state index in [1.807, 2.05) is 0 Å². The van der Waals surface area contributed by atoms with Crippen molar-refractivity contribution >= 4 is 18.1 Å². The summed E-state index contributed by atoms with van der Waals surface area (Å²) < 4.78 is 5.02. The Morgan fingerprint density at radius 1 is 1.10 bits per heavy atom. The summed E-state index contributed by atoms with van der Waals surface area (Å²) in [6, 6.07) is 0. The molecule has 1 fully saturated rings. The predicted octanol–water partition coefficient (Wildman–Crippen LogP) is 0.333. The second kappa shape index (κ2) is 6.44. The third-order valence-corrected chi connectivity index (χ3v) is 2.69. The van der Waals surface area contributed by atoms with Crippen LogP contribution in [0.1, 0.15) is 20.8 Å². The smallest absolute Gasteiger partial charge is 0.408 e. The molecule has 2 N–H and O–H groups in total. The molecule has 0 saturated carbocycles. The lowest BCUT2D eigenvalue weighted by Crippen LogP contribution is -2.52. The van der Waals surface area contributed by atoms with Crippen molar-refractivity contribution in [2.75, 3.05) is 32.7 Å². The van der Waals surface area contributed by atoms with Gasteiger partial charge in [-0.05, 0) is 20.8 Å². The molecule has 1 saturated heterocycles. The summed E-state index contributed by atoms with van der Waals surface area (Å²) in [6.07, 6.45) is -1.63. The van der Waals surface area contributed by atoms with Crippen LogP contribution >= 0.6 is 0 Å². The third kappa shape index (κ3) is 5.33. The van der Waals surface area contributed by atoms with Crippen LogP contribution in [-0.4, -0.2) is 71.3 Å². The largest absolute Gasteiger partial charge is 0.465 e. The summed E-state index contributed by atoms with van der Waals surface area (Å²) in [5.74, 6) is -0.249. The molecule has 0 atom stereocenters. The van der Waals surface area contributed by atoms with Crippen LogP contribution in [0.5, 0.6) is 0 Å². The molecule has 20 heavy (non-hydrogen) atoms. The first-order valence-electron chi connectivity index (χ1n) is 6.41. The molecule has 0 aromatic heterocycles. The number of ether oxygens (including phenoxy) is 1. The quantitative estimate of drug-likeness (QED) is 0.762. The summed E-state index contributed by atoms with van der Waals surface area (Å²) >= 11 is 0. The van der Waals surface area contributed by atoms with E-state index in [0.717, 1.165) is 0 Å². The zero-order chi connectivity index (χ0) is 15.3. The highest BCUT2D eigenvalue weighted by Gasteiger charge is 2.24. The monoisotopic (exact) mass is 287 g/mol. The van der Waals surface area contributed by atoms with Crippen LogP contribution in [0, 0.1) is 0 Å². The van der Waals surface area contributed by atoms with Gasteiger partial charge in [0.25, 0.3) is 0 Å². The number of carbonyl (C=O) groups is 3. The Morgan fingerprint density at radius 2 is 1.60 bits per heavy atom. The van der Waals surface area contributed by atoms with Gasteiger partial charge < -0.3 is 25.0 Å². The highest BCUT2D eigenvalue weighted by molar-refractivity contribution is 5.82. The Labute approximate surface area is 117 Å². The zero-order valence-corrected chi connectivity index (χ0v) is 12.0. The van der Waals surface area contributed by atoms with E-state index in [4.69, 9.17) is 9.84 Å². The number of amides is 3. The number of carboxylic acid groups (broad SMARTS) is 1. The maximum atomic E-state index is 11.8. The van der Waals surface area contributed by atoms with Gasteiger partial charge in [-0.2, -0.15) is 0 Å². The first-order chi connectivity index (χ1) is 9.19. The molecule has 8 heteroatoms. The van der Waals surface area contributed by atoms with Gasteiger partial charge in [0.1, 0.15) is 12.1 Å². The number of carbonyl (C=O) groups excluding carboxylic acids is 2. The van der Waals surface area contributed by atoms with Crippen molar-refractivity contribution in [3.05, 3.63) is 0 Å². The van der Waals surface area contributed by atoms with Crippen LogP contribution in [-0.2, 0) is 9.53 Å². The van der Waals surface area contributed by atoms with E-state index in [-0.39, 0.29) is 25.5 Å². The average molecular weight is 287 g/mol. The fourth-order valence-electron chi connectivity index (χ4n) is 1.72. The van der Waals surface area contributed by atoms with Gasteiger partial charge in [-0.1, -0.05) is 0 Å². The van der Waals surface area contributed by atoms with Crippen LogP contribution in [0.4, 0.5) is 9.59 Å². The number of nitrogens with one attached hydrogen (secondary N) is 1. The van der Waals surface area contributed by atoms with Crippen LogP contribution in [0.3, 0.4) is 0 Å². The van der Waals surface area contributed by atoms with Crippen LogP contribution < -0.4 is 5.32 Å². The molecule has 8 nitrogen and oxygen atoms in total. The fourth-order valence-corrected chi connectivity index (χ4v) is 1.72. The van der Waals surface area contributed by atoms with E-state index in [1.54, 1.807) is 20.8 Å². The Hall–Kier alpha value is -1.99. The molecule has 1 aliphatic heterocycles. The minimum Gasteiger partial charge on any atom is -0.465 e. The summed E-state index contributed by atoms with van der Waals surface area (Å²) in [5.41, 5.74) is -0.611. The van der Waals surface area contributed by atoms with Gasteiger partial charge in [0.15, 0.2) is 0 Å². The Balaban J connectivity index is 2.31. The third-order valence-electron chi connectivity index (χ3n) is 2.69. The number of alkyl carbamates (subject to hydrolysis) is 1. The summed E-state index contributed by atoms with van der Waals surface area (Å²) in [4.78, 5) is 36.7. The zero-order valence-electron chi connectivity index (χ0n) is 12.0. The van der Waals surface area contributed by atoms with Crippen molar-refractivity contribution in [2.45, 2.75) is 26.4 Å². The summed E-state index contributed by atoms with van der Waals surface area (Å²) in [6.45, 7) is 6.30. The maximum absolute atomic E-state index is 11.8. The van der Waals surface area contributed by atoms with Gasteiger partial charge in [-0.3, -0.25) is 4.79 Å². The fraction of sp³-hybridized carbons (Fsp3) is 0.750. The van der Waals surface area contributed by atoms with Gasteiger partial charge >= 0.3 is 12.2 Å². The average Bonchev–Trinajstić information content (AvgIpc) is 2.34. The molecule has 0 aromatic carbocycles. The standard InChI is InChI=1S/C12H21N3O5/c1-12(2,3)20-10(17)13-8-9(16)14-4-6-15(7-5-14)11(18)19/h4-8H2,1-3H3,(H,13,17)(H,18,19). The minimum atomic E-state index is -0.982. The molecule has 0 spiro atoms. The normalized spacial score (nSPS) is 15.8. The number of rotatable bonds is 2. The molecule has 1 heterocycles. The molecule has 0 aliphatic carbocycles. The minimum absolute atomic E-state index is 0.151. The summed E-state index contributed by atoms with van der Waals surface area (Å²) in [5, 5.41) is 11.2. The molecule has 114 valence electrons. The molecule has 1 rings (SSSR count). The first kappa shape index (κ1) is 16.1. The van der Waals surface area contributed by atoms with Crippen LogP contribution in [0.15, 0.2) is 0 Å². The molecule has 0 unspecified atom stereocenters. The van der Waals surface area contributed by atoms with Crippen LogP contribution in [0.2, 0.25) is 0 Å². The van der Waals surface area contributed by atoms with E-state index in [9.17, 15) is 14.4 Å². The SMILES string of the molecule is CC(C)(C)OC(=O)NCC(=O)N1CCN(C(=O)O)CC1. The lowest BCUT2D eigenvalue weighted by Gasteiger charge is -2.33. The van der Waals surface area contributed by atoms with E-state index >= 15 is 0 Å². The molecular weight excluding hydrogens is 266 g/mol. The molecule has 1 aliphatic rings. The highest BCUT2D eigenvalue weighted by Crippen LogP contribution is 2.06. The Morgan fingerprint density at radius 3 is 2.05 bits per heavy atom. The van der Waals surface area contributed by atoms with Crippen molar-refractivity contribution in [1.82, 2.24) is 15.1 Å². The van der Waals surface area contributed by atoms with Crippen LogP contribution in [0.25, 0.3) is 0 Å². The van der Waals surface area contributed by atoms with E-state index in [2.05, 4.69) is 5.32 Å². The molecule has 0 aromatic rings. The lowest BCUT2D eigenvalue weighted by atomic mass is 10.2. The van der Waals surface area contributed by atoms with Crippen molar-refractivity contribution in [3.8, 4) is 0 Å². The van der Waals surface area contributed by atoms with Gasteiger partial charge in [0, 0.05) is 26.2 Å².